The van der Waals surface area contributed by atoms with Crippen LogP contribution in [0.5, 0.6) is 0 Å². The Hall–Kier alpha value is -3.09. The number of hydrogen-bond acceptors (Lipinski definition) is 5. The molecule has 0 unspecified atom stereocenters. The first-order chi connectivity index (χ1) is 15.7. The van der Waals surface area contributed by atoms with Crippen LogP contribution in [-0.4, -0.2) is 52.7 Å². The van der Waals surface area contributed by atoms with Crippen molar-refractivity contribution < 1.29 is 9.90 Å². The van der Waals surface area contributed by atoms with Gasteiger partial charge in [-0.2, -0.15) is 0 Å². The number of carbonyl (C=O) groups excluding carboxylic acids is 1. The molecule has 1 saturated heterocycles. The minimum atomic E-state index is -1.29. The molecule has 0 atom stereocenters. The molecule has 1 aliphatic heterocycles. The number of aromatic nitrogens is 1. The summed E-state index contributed by atoms with van der Waals surface area (Å²) in [5, 5.41) is 13.8. The fraction of sp³-hybridized carbons (Fsp3) is 0.308. The van der Waals surface area contributed by atoms with E-state index in [1.165, 1.54) is 13.8 Å². The van der Waals surface area contributed by atoms with Crippen LogP contribution in [0.2, 0.25) is 5.02 Å². The van der Waals surface area contributed by atoms with Crippen molar-refractivity contribution in [3.05, 3.63) is 83.6 Å². The maximum absolute atomic E-state index is 12.0. The highest BCUT2D eigenvalue weighted by Gasteiger charge is 2.31. The smallest absolute Gasteiger partial charge is 0.254 e. The van der Waals surface area contributed by atoms with E-state index in [0.717, 1.165) is 40.7 Å². The topological polar surface area (TPSA) is 68.7 Å². The summed E-state index contributed by atoms with van der Waals surface area (Å²) in [5.74, 6) is -0.204. The number of para-hydroxylation sites is 1. The molecule has 0 radical (unpaired) electrons. The third kappa shape index (κ3) is 7.20. The van der Waals surface area contributed by atoms with Crippen LogP contribution in [0.4, 0.5) is 17.1 Å². The molecule has 33 heavy (non-hydrogen) atoms. The minimum Gasteiger partial charge on any atom is -0.381 e. The predicted octanol–water partition coefficient (Wildman–Crippen LogP) is 4.89. The van der Waals surface area contributed by atoms with Crippen molar-refractivity contribution in [2.75, 3.05) is 36.4 Å². The van der Waals surface area contributed by atoms with Crippen LogP contribution in [-0.2, 0) is 4.79 Å². The first kappa shape index (κ1) is 24.6. The van der Waals surface area contributed by atoms with Gasteiger partial charge in [-0.25, -0.2) is 0 Å². The maximum Gasteiger partial charge on any atom is 0.254 e. The summed E-state index contributed by atoms with van der Waals surface area (Å²) < 4.78 is 0. The first-order valence-corrected chi connectivity index (χ1v) is 11.4. The molecule has 1 aliphatic rings. The lowest BCUT2D eigenvalue weighted by molar-refractivity contribution is -0.148. The molecule has 3 aromatic rings. The monoisotopic (exact) mass is 466 g/mol. The van der Waals surface area contributed by atoms with Crippen molar-refractivity contribution in [1.29, 1.82) is 0 Å². The number of aryl methyl sites for hydroxylation is 1. The van der Waals surface area contributed by atoms with Crippen LogP contribution in [0.15, 0.2) is 73.1 Å². The summed E-state index contributed by atoms with van der Waals surface area (Å²) in [6, 6.07) is 19.8. The summed E-state index contributed by atoms with van der Waals surface area (Å²) >= 11 is 5.97. The molecule has 174 valence electrons. The van der Waals surface area contributed by atoms with Crippen LogP contribution in [0.25, 0.3) is 0 Å². The number of rotatable bonds is 4. The quantitative estimate of drug-likeness (QED) is 0.572. The molecule has 4 rings (SSSR count). The zero-order valence-corrected chi connectivity index (χ0v) is 20.1. The number of piperazine rings is 1. The lowest BCUT2D eigenvalue weighted by atomic mass is 10.1. The molecular formula is C26H31ClN4O2. The third-order valence-electron chi connectivity index (χ3n) is 5.33. The van der Waals surface area contributed by atoms with Gasteiger partial charge in [-0.15, -0.1) is 0 Å². The number of benzene rings is 2. The number of carbonyl (C=O) groups is 1. The van der Waals surface area contributed by atoms with E-state index in [1.54, 1.807) is 17.3 Å². The maximum atomic E-state index is 12.0. The van der Waals surface area contributed by atoms with E-state index < -0.39 is 5.60 Å². The summed E-state index contributed by atoms with van der Waals surface area (Å²) in [7, 11) is 0. The highest BCUT2D eigenvalue weighted by Crippen LogP contribution is 2.25. The second-order valence-electron chi connectivity index (χ2n) is 8.50. The fourth-order valence-electron chi connectivity index (χ4n) is 3.63. The van der Waals surface area contributed by atoms with Crippen molar-refractivity contribution >= 4 is 34.6 Å². The van der Waals surface area contributed by atoms with Gasteiger partial charge in [0.25, 0.3) is 5.91 Å². The molecule has 2 aromatic carbocycles. The molecule has 1 aromatic heterocycles. The van der Waals surface area contributed by atoms with Gasteiger partial charge in [0.15, 0.2) is 0 Å². The fourth-order valence-corrected chi connectivity index (χ4v) is 3.86. The average Bonchev–Trinajstić information content (AvgIpc) is 2.80. The minimum absolute atomic E-state index is 0.204. The Morgan fingerprint density at radius 2 is 1.58 bits per heavy atom. The molecule has 0 bridgehead atoms. The van der Waals surface area contributed by atoms with E-state index in [1.807, 2.05) is 67.6 Å². The van der Waals surface area contributed by atoms with Gasteiger partial charge >= 0.3 is 0 Å². The molecular weight excluding hydrogens is 436 g/mol. The molecule has 0 saturated carbocycles. The van der Waals surface area contributed by atoms with Crippen molar-refractivity contribution in [3.63, 3.8) is 0 Å². The third-order valence-corrected chi connectivity index (χ3v) is 5.57. The molecule has 1 fully saturated rings. The summed E-state index contributed by atoms with van der Waals surface area (Å²) in [5.41, 5.74) is 3.15. The lowest BCUT2D eigenvalue weighted by Gasteiger charge is -2.38. The number of nitrogens with one attached hydrogen (secondary N) is 1. The van der Waals surface area contributed by atoms with Gasteiger partial charge in [0.1, 0.15) is 5.60 Å². The highest BCUT2D eigenvalue weighted by atomic mass is 35.5. The van der Waals surface area contributed by atoms with Crippen LogP contribution in [0.1, 0.15) is 19.4 Å². The predicted molar refractivity (Wildman–Crippen MR) is 135 cm³/mol. The van der Waals surface area contributed by atoms with Gasteiger partial charge in [0, 0.05) is 60.7 Å². The normalized spacial score (nSPS) is 13.7. The van der Waals surface area contributed by atoms with Crippen LogP contribution in [0, 0.1) is 6.92 Å². The number of amides is 1. The van der Waals surface area contributed by atoms with Gasteiger partial charge < -0.3 is 20.2 Å². The number of halogens is 1. The van der Waals surface area contributed by atoms with Crippen LogP contribution in [0.3, 0.4) is 0 Å². The SMILES string of the molecule is Cc1cc(Cl)ccc1N1CCN(C(=O)C(C)(C)O)CC1.c1ccc(Nc2ccncc2)cc1. The van der Waals surface area contributed by atoms with Crippen LogP contribution >= 0.6 is 11.6 Å². The van der Waals surface area contributed by atoms with Crippen LogP contribution < -0.4 is 10.2 Å². The second-order valence-corrected chi connectivity index (χ2v) is 8.93. The number of hydrogen-bond donors (Lipinski definition) is 2. The van der Waals surface area contributed by atoms with Crippen molar-refractivity contribution in [1.82, 2.24) is 9.88 Å². The first-order valence-electron chi connectivity index (χ1n) is 11.0. The molecule has 6 nitrogen and oxygen atoms in total. The lowest BCUT2D eigenvalue weighted by Crippen LogP contribution is -2.54. The average molecular weight is 467 g/mol. The zero-order valence-electron chi connectivity index (χ0n) is 19.3. The van der Waals surface area contributed by atoms with E-state index >= 15 is 0 Å². The van der Waals surface area contributed by atoms with E-state index in [4.69, 9.17) is 11.6 Å². The Balaban J connectivity index is 0.000000203. The van der Waals surface area contributed by atoms with Gasteiger partial charge in [-0.1, -0.05) is 29.8 Å². The molecule has 2 heterocycles. The molecule has 7 heteroatoms. The standard InChI is InChI=1S/C15H21ClN2O2.C11H10N2/c1-11-10-12(16)4-5-13(11)17-6-8-18(9-7-17)14(19)15(2,3)20;1-2-4-10(5-3-1)13-11-6-8-12-9-7-11/h4-5,10,20H,6-9H2,1-3H3;1-9H,(H,12,13). The van der Waals surface area contributed by atoms with E-state index in [2.05, 4.69) is 15.2 Å². The Morgan fingerprint density at radius 1 is 0.970 bits per heavy atom. The van der Waals surface area contributed by atoms with Gasteiger partial charge in [0.2, 0.25) is 0 Å². The van der Waals surface area contributed by atoms with E-state index in [9.17, 15) is 9.90 Å². The second kappa shape index (κ2) is 11.2. The van der Waals surface area contributed by atoms with Gasteiger partial charge in [0.05, 0.1) is 0 Å². The van der Waals surface area contributed by atoms with Gasteiger partial charge in [-0.05, 0) is 68.8 Å². The summed E-state index contributed by atoms with van der Waals surface area (Å²) in [4.78, 5) is 19.9. The number of anilines is 3. The number of nitrogens with zero attached hydrogens (tertiary/aromatic N) is 3. The Labute approximate surface area is 200 Å². The Bertz CT molecular complexity index is 994. The number of aliphatic hydroxyl groups is 1. The molecule has 0 aliphatic carbocycles. The summed E-state index contributed by atoms with van der Waals surface area (Å²) in [6.45, 7) is 7.90. The van der Waals surface area contributed by atoms with Gasteiger partial charge in [-0.3, -0.25) is 9.78 Å². The Morgan fingerprint density at radius 3 is 2.15 bits per heavy atom. The summed E-state index contributed by atoms with van der Waals surface area (Å²) in [6.07, 6.45) is 3.54. The highest BCUT2D eigenvalue weighted by molar-refractivity contribution is 6.30. The largest absolute Gasteiger partial charge is 0.381 e. The number of pyridine rings is 1. The van der Waals surface area contributed by atoms with E-state index in [0.29, 0.717) is 13.1 Å². The van der Waals surface area contributed by atoms with Crippen molar-refractivity contribution in [2.24, 2.45) is 0 Å². The molecule has 2 N–H and O–H groups in total. The molecule has 0 spiro atoms. The Kier molecular flexibility index (Phi) is 8.31. The van der Waals surface area contributed by atoms with Crippen molar-refractivity contribution in [3.8, 4) is 0 Å². The zero-order chi connectivity index (χ0) is 23.8. The van der Waals surface area contributed by atoms with E-state index in [-0.39, 0.29) is 5.91 Å². The van der Waals surface area contributed by atoms with Crippen molar-refractivity contribution in [2.45, 2.75) is 26.4 Å². The molecule has 1 amide bonds.